The van der Waals surface area contributed by atoms with E-state index in [1.807, 2.05) is 0 Å². The molecular formula is C2H5NaO6S3. The zero-order valence-electron chi connectivity index (χ0n) is 6.38. The number of hydrogen-bond donors (Lipinski definition) is 0. The van der Waals surface area contributed by atoms with Gasteiger partial charge in [0.1, 0.15) is 9.83 Å². The van der Waals surface area contributed by atoms with E-state index in [1.54, 1.807) is 0 Å². The summed E-state index contributed by atoms with van der Waals surface area (Å²) in [6.07, 6.45) is 0. The molecule has 0 saturated heterocycles. The van der Waals surface area contributed by atoms with Gasteiger partial charge in [-0.15, -0.1) is 0 Å². The van der Waals surface area contributed by atoms with Crippen molar-refractivity contribution < 1.29 is 55.1 Å². The predicted molar refractivity (Wildman–Crippen MR) is 37.8 cm³/mol. The van der Waals surface area contributed by atoms with Crippen molar-refractivity contribution in [3.05, 3.63) is 0 Å². The Morgan fingerprint density at radius 2 is 1.75 bits per heavy atom. The largest absolute Gasteiger partial charge is 1.00 e. The number of rotatable bonds is 4. The Labute approximate surface area is 96.0 Å². The first-order valence-electron chi connectivity index (χ1n) is 2.33. The molecule has 0 amide bonds. The Balaban J connectivity index is 0. The van der Waals surface area contributed by atoms with Crippen LogP contribution in [0.5, 0.6) is 0 Å². The summed E-state index contributed by atoms with van der Waals surface area (Å²) in [5.41, 5.74) is 0. The standard InChI is InChI=1S/C2H6O6S3.Na/c1-2-8-11(6,7)9-10(3,4)5;/h2H2,1H3,(H,3,4,5);/q;+1/p-1. The van der Waals surface area contributed by atoms with Crippen LogP contribution in [0.4, 0.5) is 0 Å². The van der Waals surface area contributed by atoms with Crippen LogP contribution in [-0.4, -0.2) is 28.0 Å². The van der Waals surface area contributed by atoms with E-state index in [9.17, 15) is 21.4 Å². The quantitative estimate of drug-likeness (QED) is 0.287. The fraction of sp³-hybridized carbons (Fsp3) is 1.00. The second-order valence-corrected chi connectivity index (χ2v) is 7.38. The molecule has 0 unspecified atom stereocenters. The van der Waals surface area contributed by atoms with Crippen molar-refractivity contribution in [1.82, 2.24) is 0 Å². The minimum Gasteiger partial charge on any atom is -0.738 e. The smallest absolute Gasteiger partial charge is 0.738 e. The monoisotopic (exact) mass is 244 g/mol. The van der Waals surface area contributed by atoms with Gasteiger partial charge in [-0.05, 0) is 6.92 Å². The van der Waals surface area contributed by atoms with E-state index in [0.29, 0.717) is 0 Å². The third-order valence-corrected chi connectivity index (χ3v) is 5.58. The predicted octanol–water partition coefficient (Wildman–Crippen LogP) is -3.53. The van der Waals surface area contributed by atoms with Gasteiger partial charge >= 0.3 is 38.7 Å². The maximum atomic E-state index is 10.4. The van der Waals surface area contributed by atoms with E-state index in [-0.39, 0.29) is 36.2 Å². The van der Waals surface area contributed by atoms with Gasteiger partial charge in [0.05, 0.1) is 6.61 Å². The Morgan fingerprint density at radius 3 is 2.00 bits per heavy atom. The minimum atomic E-state index is -4.85. The van der Waals surface area contributed by atoms with Crippen molar-refractivity contribution in [1.29, 1.82) is 0 Å². The molecule has 0 aromatic rings. The van der Waals surface area contributed by atoms with Gasteiger partial charge in [0.25, 0.3) is 0 Å². The molecule has 0 aliphatic rings. The van der Waals surface area contributed by atoms with Crippen LogP contribution in [-0.2, 0) is 22.5 Å². The van der Waals surface area contributed by atoms with Gasteiger partial charge in [0.15, 0.2) is 9.15 Å². The fourth-order valence-electron chi connectivity index (χ4n) is 0.266. The molecular weight excluding hydrogens is 239 g/mol. The fourth-order valence-corrected chi connectivity index (χ4v) is 4.01. The summed E-state index contributed by atoms with van der Waals surface area (Å²) < 4.78 is 54.4. The molecule has 0 spiro atoms. The minimum absolute atomic E-state index is 0. The third-order valence-electron chi connectivity index (χ3n) is 0.429. The second-order valence-electron chi connectivity index (χ2n) is 1.29. The molecule has 0 radical (unpaired) electrons. The van der Waals surface area contributed by atoms with Gasteiger partial charge in [-0.1, -0.05) is 0 Å². The zero-order valence-corrected chi connectivity index (χ0v) is 10.8. The molecule has 0 atom stereocenters. The summed E-state index contributed by atoms with van der Waals surface area (Å²) in [4.78, 5) is 0. The Hall–Kier alpha value is 1.17. The molecule has 10 heteroatoms. The van der Waals surface area contributed by atoms with Crippen LogP contribution in [0.2, 0.25) is 0 Å². The van der Waals surface area contributed by atoms with Gasteiger partial charge < -0.3 is 4.55 Å². The average Bonchev–Trinajstić information content (AvgIpc) is 1.55. The van der Waals surface area contributed by atoms with E-state index < -0.39 is 28.1 Å². The maximum absolute atomic E-state index is 10.4. The topological polar surface area (TPSA) is 101 Å². The zero-order chi connectivity index (χ0) is 9.12. The van der Waals surface area contributed by atoms with Crippen molar-refractivity contribution >= 4 is 28.1 Å². The first kappa shape index (κ1) is 15.6. The molecule has 6 nitrogen and oxygen atoms in total. The third kappa shape index (κ3) is 9.26. The molecule has 0 N–H and O–H groups in total. The summed E-state index contributed by atoms with van der Waals surface area (Å²) >= 11 is 0. The van der Waals surface area contributed by atoms with Crippen molar-refractivity contribution in [2.24, 2.45) is 0 Å². The van der Waals surface area contributed by atoms with Crippen LogP contribution in [0, 0.1) is 0 Å². The van der Waals surface area contributed by atoms with Gasteiger partial charge in [0.2, 0.25) is 0 Å². The molecule has 0 heterocycles. The van der Waals surface area contributed by atoms with Crippen molar-refractivity contribution in [3.8, 4) is 0 Å². The van der Waals surface area contributed by atoms with E-state index in [0.717, 1.165) is 0 Å². The average molecular weight is 244 g/mol. The number of hydrogen-bond acceptors (Lipinski definition) is 7. The van der Waals surface area contributed by atoms with E-state index >= 15 is 0 Å². The van der Waals surface area contributed by atoms with Crippen LogP contribution < -0.4 is 29.6 Å². The van der Waals surface area contributed by atoms with Crippen LogP contribution in [0.25, 0.3) is 0 Å². The van der Waals surface area contributed by atoms with Crippen molar-refractivity contribution in [3.63, 3.8) is 0 Å². The molecule has 0 aromatic heterocycles. The van der Waals surface area contributed by atoms with Gasteiger partial charge in [-0.2, -0.15) is 8.42 Å². The summed E-state index contributed by atoms with van der Waals surface area (Å²) in [5, 5.41) is 0. The van der Waals surface area contributed by atoms with Crippen LogP contribution >= 0.6 is 9.83 Å². The van der Waals surface area contributed by atoms with Crippen LogP contribution in [0.3, 0.4) is 0 Å². The SMILES string of the molecule is CCOS(=O)(=O)SS(=O)(=O)[O-].[Na+]. The Kier molecular flexibility index (Phi) is 7.57. The molecule has 0 aliphatic carbocycles. The summed E-state index contributed by atoms with van der Waals surface area (Å²) in [6, 6.07) is 0. The molecule has 12 heavy (non-hydrogen) atoms. The van der Waals surface area contributed by atoms with E-state index in [1.165, 1.54) is 6.92 Å². The molecule has 0 aromatic carbocycles. The summed E-state index contributed by atoms with van der Waals surface area (Å²) in [7, 11) is -9.87. The Morgan fingerprint density at radius 1 is 1.33 bits per heavy atom. The molecule has 68 valence electrons. The summed E-state index contributed by atoms with van der Waals surface area (Å²) in [5.74, 6) is 0. The van der Waals surface area contributed by atoms with E-state index in [2.05, 4.69) is 4.18 Å². The van der Waals surface area contributed by atoms with E-state index in [4.69, 9.17) is 0 Å². The maximum Gasteiger partial charge on any atom is 1.00 e. The first-order chi connectivity index (χ1) is 4.77. The Bertz CT molecular complexity index is 302. The molecule has 0 rings (SSSR count). The molecule has 0 saturated carbocycles. The molecule has 0 bridgehead atoms. The van der Waals surface area contributed by atoms with Gasteiger partial charge in [-0.25, -0.2) is 8.42 Å². The molecule has 0 fully saturated rings. The molecule has 0 aliphatic heterocycles. The van der Waals surface area contributed by atoms with Crippen molar-refractivity contribution in [2.45, 2.75) is 6.92 Å². The second kappa shape index (κ2) is 5.81. The normalized spacial score (nSPS) is 12.2. The first-order valence-corrected chi connectivity index (χ1v) is 7.00. The van der Waals surface area contributed by atoms with Gasteiger partial charge in [-0.3, -0.25) is 4.18 Å². The van der Waals surface area contributed by atoms with Gasteiger partial charge in [0, 0.05) is 0 Å². The van der Waals surface area contributed by atoms with Crippen LogP contribution in [0.15, 0.2) is 0 Å². The van der Waals surface area contributed by atoms with Crippen LogP contribution in [0.1, 0.15) is 6.92 Å². The van der Waals surface area contributed by atoms with Crippen molar-refractivity contribution in [2.75, 3.05) is 6.61 Å². The summed E-state index contributed by atoms with van der Waals surface area (Å²) in [6.45, 7) is 1.15.